The summed E-state index contributed by atoms with van der Waals surface area (Å²) < 4.78 is 64.2. The predicted octanol–water partition coefficient (Wildman–Crippen LogP) is 1.63. The molecule has 0 heterocycles. The fourth-order valence-corrected chi connectivity index (χ4v) is 1.21. The fourth-order valence-electron chi connectivity index (χ4n) is 1.21. The minimum Gasteiger partial charge on any atom is -0.387 e. The summed E-state index contributed by atoms with van der Waals surface area (Å²) in [5.41, 5.74) is -1.23. The topological polar surface area (TPSA) is 32.3 Å². The van der Waals surface area contributed by atoms with Crippen molar-refractivity contribution in [2.45, 2.75) is 6.10 Å². The van der Waals surface area contributed by atoms with Crippen LogP contribution >= 0.6 is 0 Å². The summed E-state index contributed by atoms with van der Waals surface area (Å²) in [6.07, 6.45) is -1.81. The zero-order chi connectivity index (χ0) is 12.5. The summed E-state index contributed by atoms with van der Waals surface area (Å²) >= 11 is 0. The maximum Gasteiger partial charge on any atom is 0.200 e. The van der Waals surface area contributed by atoms with Crippen molar-refractivity contribution >= 4 is 0 Å². The number of rotatable bonds is 3. The van der Waals surface area contributed by atoms with Gasteiger partial charge in [-0.2, -0.15) is 0 Å². The van der Waals surface area contributed by atoms with E-state index in [1.165, 1.54) is 7.05 Å². The Hall–Kier alpha value is -1.21. The third kappa shape index (κ3) is 2.00. The van der Waals surface area contributed by atoms with E-state index in [1.54, 1.807) is 0 Å². The molecule has 0 fully saturated rings. The molecule has 0 aliphatic carbocycles. The van der Waals surface area contributed by atoms with Gasteiger partial charge >= 0.3 is 0 Å². The summed E-state index contributed by atoms with van der Waals surface area (Å²) in [6.45, 7) is -0.335. The Balaban J connectivity index is 3.39. The van der Waals surface area contributed by atoms with Crippen molar-refractivity contribution in [3.8, 4) is 0 Å². The summed E-state index contributed by atoms with van der Waals surface area (Å²) in [7, 11) is 1.36. The molecular weight excluding hydrogens is 233 g/mol. The number of halogens is 5. The Morgan fingerprint density at radius 3 is 1.69 bits per heavy atom. The number of benzene rings is 1. The third-order valence-electron chi connectivity index (χ3n) is 1.97. The minimum absolute atomic E-state index is 0.335. The fraction of sp³-hybridized carbons (Fsp3) is 0.333. The van der Waals surface area contributed by atoms with E-state index in [-0.39, 0.29) is 6.54 Å². The van der Waals surface area contributed by atoms with E-state index in [2.05, 4.69) is 5.32 Å². The quantitative estimate of drug-likeness (QED) is 0.479. The van der Waals surface area contributed by atoms with Crippen LogP contribution in [0, 0.1) is 29.1 Å². The van der Waals surface area contributed by atoms with Crippen LogP contribution in [0.3, 0.4) is 0 Å². The Kier molecular flexibility index (Phi) is 3.82. The van der Waals surface area contributed by atoms with Gasteiger partial charge in [-0.3, -0.25) is 0 Å². The standard InChI is InChI=1S/C9H8F5NO/c1-15-2-3(16)4-5(10)7(12)9(14)8(13)6(4)11/h3,15-16H,2H2,1H3. The zero-order valence-corrected chi connectivity index (χ0v) is 8.12. The molecule has 0 bridgehead atoms. The molecule has 0 aliphatic heterocycles. The molecule has 0 saturated carbocycles. The highest BCUT2D eigenvalue weighted by molar-refractivity contribution is 5.26. The maximum atomic E-state index is 13.1. The molecule has 0 amide bonds. The second-order valence-corrected chi connectivity index (χ2v) is 3.06. The first-order valence-corrected chi connectivity index (χ1v) is 4.25. The lowest BCUT2D eigenvalue weighted by Gasteiger charge is -2.13. The van der Waals surface area contributed by atoms with Crippen molar-refractivity contribution in [2.75, 3.05) is 13.6 Å². The lowest BCUT2D eigenvalue weighted by atomic mass is 10.1. The minimum atomic E-state index is -2.24. The average molecular weight is 241 g/mol. The van der Waals surface area contributed by atoms with Crippen molar-refractivity contribution < 1.29 is 27.1 Å². The van der Waals surface area contributed by atoms with Crippen LogP contribution in [0.25, 0.3) is 0 Å². The first-order valence-electron chi connectivity index (χ1n) is 4.25. The highest BCUT2D eigenvalue weighted by atomic mass is 19.2. The van der Waals surface area contributed by atoms with Gasteiger partial charge in [-0.15, -0.1) is 0 Å². The molecule has 1 atom stereocenters. The second kappa shape index (κ2) is 4.75. The van der Waals surface area contributed by atoms with Crippen molar-refractivity contribution in [1.29, 1.82) is 0 Å². The molecule has 1 rings (SSSR count). The van der Waals surface area contributed by atoms with Crippen molar-refractivity contribution in [3.05, 3.63) is 34.6 Å². The highest BCUT2D eigenvalue weighted by Gasteiger charge is 2.29. The average Bonchev–Trinajstić information content (AvgIpc) is 2.24. The van der Waals surface area contributed by atoms with Crippen LogP contribution < -0.4 is 5.32 Å². The van der Waals surface area contributed by atoms with Gasteiger partial charge in [0, 0.05) is 6.54 Å². The van der Waals surface area contributed by atoms with Gasteiger partial charge in [0.25, 0.3) is 0 Å². The zero-order valence-electron chi connectivity index (χ0n) is 8.12. The van der Waals surface area contributed by atoms with Gasteiger partial charge in [0.1, 0.15) is 0 Å². The van der Waals surface area contributed by atoms with Gasteiger partial charge in [-0.1, -0.05) is 0 Å². The largest absolute Gasteiger partial charge is 0.387 e. The van der Waals surface area contributed by atoms with Gasteiger partial charge < -0.3 is 10.4 Å². The van der Waals surface area contributed by atoms with E-state index in [0.29, 0.717) is 0 Å². The monoisotopic (exact) mass is 241 g/mol. The molecule has 1 aromatic rings. The lowest BCUT2D eigenvalue weighted by molar-refractivity contribution is 0.163. The lowest BCUT2D eigenvalue weighted by Crippen LogP contribution is -2.20. The summed E-state index contributed by atoms with van der Waals surface area (Å²) in [5, 5.41) is 11.6. The van der Waals surface area contributed by atoms with Crippen LogP contribution in [0.15, 0.2) is 0 Å². The Bertz CT molecular complexity index is 380. The van der Waals surface area contributed by atoms with Gasteiger partial charge in [-0.25, -0.2) is 22.0 Å². The normalized spacial score (nSPS) is 12.9. The van der Waals surface area contributed by atoms with Crippen LogP contribution in [0.4, 0.5) is 22.0 Å². The van der Waals surface area contributed by atoms with Crippen LogP contribution in [-0.2, 0) is 0 Å². The predicted molar refractivity (Wildman–Crippen MR) is 45.1 cm³/mol. The highest BCUT2D eigenvalue weighted by Crippen LogP contribution is 2.27. The second-order valence-electron chi connectivity index (χ2n) is 3.06. The molecule has 2 nitrogen and oxygen atoms in total. The van der Waals surface area contributed by atoms with Crippen LogP contribution in [0.5, 0.6) is 0 Å². The Morgan fingerprint density at radius 1 is 0.938 bits per heavy atom. The van der Waals surface area contributed by atoms with Crippen molar-refractivity contribution in [1.82, 2.24) is 5.32 Å². The molecule has 1 unspecified atom stereocenters. The van der Waals surface area contributed by atoms with E-state index >= 15 is 0 Å². The molecule has 7 heteroatoms. The number of nitrogens with one attached hydrogen (secondary N) is 1. The van der Waals surface area contributed by atoms with Crippen LogP contribution in [-0.4, -0.2) is 18.7 Å². The van der Waals surface area contributed by atoms with Crippen molar-refractivity contribution in [3.63, 3.8) is 0 Å². The Morgan fingerprint density at radius 2 is 1.31 bits per heavy atom. The molecular formula is C9H8F5NO. The van der Waals surface area contributed by atoms with Gasteiger partial charge in [-0.05, 0) is 7.05 Å². The van der Waals surface area contributed by atoms with Crippen molar-refractivity contribution in [2.24, 2.45) is 0 Å². The summed E-state index contributed by atoms with van der Waals surface area (Å²) in [6, 6.07) is 0. The van der Waals surface area contributed by atoms with E-state index in [4.69, 9.17) is 0 Å². The molecule has 0 spiro atoms. The maximum absolute atomic E-state index is 13.1. The van der Waals surface area contributed by atoms with E-state index < -0.39 is 40.8 Å². The first-order chi connectivity index (χ1) is 7.41. The number of aliphatic hydroxyl groups is 1. The summed E-state index contributed by atoms with van der Waals surface area (Å²) in [5.74, 6) is -10.4. The number of hydrogen-bond donors (Lipinski definition) is 2. The third-order valence-corrected chi connectivity index (χ3v) is 1.97. The number of hydrogen-bond acceptors (Lipinski definition) is 2. The SMILES string of the molecule is CNCC(O)c1c(F)c(F)c(F)c(F)c1F. The molecule has 0 saturated heterocycles. The van der Waals surface area contributed by atoms with Gasteiger partial charge in [0.2, 0.25) is 5.82 Å². The molecule has 0 aromatic heterocycles. The number of likely N-dealkylation sites (N-methyl/N-ethyl adjacent to an activating group) is 1. The van der Waals surface area contributed by atoms with E-state index in [0.717, 1.165) is 0 Å². The smallest absolute Gasteiger partial charge is 0.200 e. The molecule has 16 heavy (non-hydrogen) atoms. The molecule has 0 aliphatic rings. The summed E-state index contributed by atoms with van der Waals surface area (Å²) in [4.78, 5) is 0. The molecule has 90 valence electrons. The van der Waals surface area contributed by atoms with E-state index in [9.17, 15) is 27.1 Å². The molecule has 2 N–H and O–H groups in total. The Labute approximate surface area is 87.7 Å². The molecule has 0 radical (unpaired) electrons. The van der Waals surface area contributed by atoms with Crippen LogP contribution in [0.2, 0.25) is 0 Å². The van der Waals surface area contributed by atoms with Gasteiger partial charge in [0.05, 0.1) is 11.7 Å². The van der Waals surface area contributed by atoms with E-state index in [1.807, 2.05) is 0 Å². The molecule has 1 aromatic carbocycles. The van der Waals surface area contributed by atoms with Gasteiger partial charge in [0.15, 0.2) is 23.3 Å². The first kappa shape index (κ1) is 12.9. The number of aliphatic hydroxyl groups excluding tert-OH is 1. The van der Waals surface area contributed by atoms with Crippen LogP contribution in [0.1, 0.15) is 11.7 Å².